The third kappa shape index (κ3) is 9.83. The number of aryl methyl sites for hydroxylation is 1. The normalized spacial score (nSPS) is 12.1. The monoisotopic (exact) mass is 471 g/mol. The maximum atomic E-state index is 12.8. The van der Waals surface area contributed by atoms with Crippen molar-refractivity contribution in [3.63, 3.8) is 0 Å². The third-order valence-electron chi connectivity index (χ3n) is 5.20. The number of carbonyl (C=O) groups excluding carboxylic acids is 1. The Labute approximate surface area is 202 Å². The van der Waals surface area contributed by atoms with Crippen LogP contribution in [-0.4, -0.2) is 54.5 Å². The molecule has 0 spiro atoms. The van der Waals surface area contributed by atoms with E-state index in [-0.39, 0.29) is 11.8 Å². The SMILES string of the molecule is CCOC(Cc1ccc(OCCN(CCC(C)(C)C)C(=O)Oc2cccc(C)c2)cc1)C(=O)O. The Hall–Kier alpha value is -3.06. The second-order valence-corrected chi connectivity index (χ2v) is 9.46. The van der Waals surface area contributed by atoms with E-state index in [0.717, 1.165) is 17.5 Å². The first-order chi connectivity index (χ1) is 16.1. The highest BCUT2D eigenvalue weighted by molar-refractivity contribution is 5.72. The minimum atomic E-state index is -0.977. The molecule has 0 bridgehead atoms. The standard InChI is InChI=1S/C27H37NO6/c1-6-32-24(25(29)30)19-21-10-12-22(13-11-21)33-17-16-28(15-14-27(3,4)5)26(31)34-23-9-7-8-20(2)18-23/h7-13,18,24H,6,14-17,19H2,1-5H3,(H,29,30). The van der Waals surface area contributed by atoms with Gasteiger partial charge in [-0.1, -0.05) is 45.0 Å². The van der Waals surface area contributed by atoms with Crippen molar-refractivity contribution >= 4 is 12.1 Å². The molecule has 0 aliphatic heterocycles. The quantitative estimate of drug-likeness (QED) is 0.450. The fourth-order valence-corrected chi connectivity index (χ4v) is 3.24. The van der Waals surface area contributed by atoms with Crippen molar-refractivity contribution < 1.29 is 28.9 Å². The van der Waals surface area contributed by atoms with Crippen LogP contribution in [0.2, 0.25) is 0 Å². The molecule has 2 aromatic rings. The van der Waals surface area contributed by atoms with E-state index in [1.807, 2.05) is 37.3 Å². The summed E-state index contributed by atoms with van der Waals surface area (Å²) >= 11 is 0. The summed E-state index contributed by atoms with van der Waals surface area (Å²) in [6.07, 6.45) is -0.152. The van der Waals surface area contributed by atoms with Crippen LogP contribution in [0.25, 0.3) is 0 Å². The molecule has 0 radical (unpaired) electrons. The summed E-state index contributed by atoms with van der Waals surface area (Å²) in [4.78, 5) is 25.8. The molecule has 186 valence electrons. The van der Waals surface area contributed by atoms with Crippen LogP contribution in [0, 0.1) is 12.3 Å². The number of nitrogens with zero attached hydrogens (tertiary/aromatic N) is 1. The largest absolute Gasteiger partial charge is 0.492 e. The van der Waals surface area contributed by atoms with Gasteiger partial charge in [-0.25, -0.2) is 9.59 Å². The summed E-state index contributed by atoms with van der Waals surface area (Å²) in [5.74, 6) is 0.193. The number of carbonyl (C=O) groups is 2. The molecule has 2 rings (SSSR count). The smallest absolute Gasteiger partial charge is 0.415 e. The maximum absolute atomic E-state index is 12.8. The van der Waals surface area contributed by atoms with Crippen LogP contribution in [0.5, 0.6) is 11.5 Å². The van der Waals surface area contributed by atoms with E-state index in [9.17, 15) is 14.7 Å². The van der Waals surface area contributed by atoms with Crippen molar-refractivity contribution in [3.05, 3.63) is 59.7 Å². The molecule has 0 aliphatic rings. The molecule has 0 aromatic heterocycles. The van der Waals surface area contributed by atoms with Crippen LogP contribution in [0.1, 0.15) is 45.2 Å². The lowest BCUT2D eigenvalue weighted by atomic mass is 9.92. The van der Waals surface area contributed by atoms with Crippen molar-refractivity contribution in [1.29, 1.82) is 0 Å². The highest BCUT2D eigenvalue weighted by Crippen LogP contribution is 2.20. The number of hydrogen-bond donors (Lipinski definition) is 1. The summed E-state index contributed by atoms with van der Waals surface area (Å²) in [5, 5.41) is 9.24. The van der Waals surface area contributed by atoms with Gasteiger partial charge in [0, 0.05) is 19.6 Å². The van der Waals surface area contributed by atoms with Gasteiger partial charge in [0.1, 0.15) is 18.1 Å². The fraction of sp³-hybridized carbons (Fsp3) is 0.481. The van der Waals surface area contributed by atoms with Gasteiger partial charge in [-0.15, -0.1) is 0 Å². The molecule has 0 heterocycles. The van der Waals surface area contributed by atoms with Crippen LogP contribution in [0.3, 0.4) is 0 Å². The van der Waals surface area contributed by atoms with Gasteiger partial charge in [0.25, 0.3) is 0 Å². The predicted octanol–water partition coefficient (Wildman–Crippen LogP) is 5.34. The number of benzene rings is 2. The van der Waals surface area contributed by atoms with E-state index in [2.05, 4.69) is 20.8 Å². The Bertz CT molecular complexity index is 919. The first-order valence-corrected chi connectivity index (χ1v) is 11.7. The van der Waals surface area contributed by atoms with Crippen LogP contribution in [-0.2, 0) is 16.0 Å². The molecule has 1 amide bonds. The average Bonchev–Trinajstić information content (AvgIpc) is 2.76. The Kier molecular flexibility index (Phi) is 10.4. The number of rotatable bonds is 12. The number of aliphatic carboxylic acids is 1. The fourth-order valence-electron chi connectivity index (χ4n) is 3.24. The molecule has 1 atom stereocenters. The number of hydrogen-bond acceptors (Lipinski definition) is 5. The van der Waals surface area contributed by atoms with Gasteiger partial charge in [0.05, 0.1) is 6.54 Å². The van der Waals surface area contributed by atoms with Crippen molar-refractivity contribution in [3.8, 4) is 11.5 Å². The summed E-state index contributed by atoms with van der Waals surface area (Å²) in [6.45, 7) is 11.7. The number of ether oxygens (including phenoxy) is 3. The first kappa shape index (κ1) is 27.2. The Morgan fingerprint density at radius 1 is 1.03 bits per heavy atom. The zero-order chi connectivity index (χ0) is 25.1. The van der Waals surface area contributed by atoms with Gasteiger partial charge in [0.15, 0.2) is 6.10 Å². The van der Waals surface area contributed by atoms with Gasteiger partial charge in [0.2, 0.25) is 0 Å². The van der Waals surface area contributed by atoms with Gasteiger partial charge in [-0.3, -0.25) is 0 Å². The molecular formula is C27H37NO6. The number of amides is 1. The topological polar surface area (TPSA) is 85.3 Å². The molecule has 7 heteroatoms. The van der Waals surface area contributed by atoms with Crippen molar-refractivity contribution in [2.75, 3.05) is 26.3 Å². The van der Waals surface area contributed by atoms with E-state index >= 15 is 0 Å². The summed E-state index contributed by atoms with van der Waals surface area (Å²) < 4.78 is 16.7. The van der Waals surface area contributed by atoms with E-state index in [1.165, 1.54) is 0 Å². The highest BCUT2D eigenvalue weighted by Gasteiger charge is 2.20. The van der Waals surface area contributed by atoms with Gasteiger partial charge in [-0.2, -0.15) is 0 Å². The van der Waals surface area contributed by atoms with Crippen molar-refractivity contribution in [1.82, 2.24) is 4.90 Å². The Balaban J connectivity index is 1.94. The summed E-state index contributed by atoms with van der Waals surface area (Å²) in [6, 6.07) is 14.7. The lowest BCUT2D eigenvalue weighted by Gasteiger charge is -2.26. The second-order valence-electron chi connectivity index (χ2n) is 9.46. The van der Waals surface area contributed by atoms with Crippen LogP contribution in [0.4, 0.5) is 4.79 Å². The predicted molar refractivity (Wildman–Crippen MR) is 132 cm³/mol. The van der Waals surface area contributed by atoms with Gasteiger partial charge >= 0.3 is 12.1 Å². The van der Waals surface area contributed by atoms with Crippen LogP contribution < -0.4 is 9.47 Å². The molecule has 1 unspecified atom stereocenters. The lowest BCUT2D eigenvalue weighted by Crippen LogP contribution is -2.38. The molecule has 7 nitrogen and oxygen atoms in total. The lowest BCUT2D eigenvalue weighted by molar-refractivity contribution is -0.149. The minimum absolute atomic E-state index is 0.0772. The molecule has 0 aliphatic carbocycles. The molecule has 34 heavy (non-hydrogen) atoms. The van der Waals surface area contributed by atoms with Crippen LogP contribution in [0.15, 0.2) is 48.5 Å². The van der Waals surface area contributed by atoms with Crippen molar-refractivity contribution in [2.45, 2.75) is 53.6 Å². The molecule has 0 saturated heterocycles. The van der Waals surface area contributed by atoms with E-state index in [4.69, 9.17) is 14.2 Å². The third-order valence-corrected chi connectivity index (χ3v) is 5.20. The van der Waals surface area contributed by atoms with Gasteiger partial charge in [-0.05, 0) is 61.1 Å². The molecule has 0 saturated carbocycles. The first-order valence-electron chi connectivity index (χ1n) is 11.7. The summed E-state index contributed by atoms with van der Waals surface area (Å²) in [7, 11) is 0. The van der Waals surface area contributed by atoms with E-state index < -0.39 is 18.2 Å². The summed E-state index contributed by atoms with van der Waals surface area (Å²) in [5.41, 5.74) is 1.95. The van der Waals surface area contributed by atoms with Crippen molar-refractivity contribution in [2.24, 2.45) is 5.41 Å². The number of carboxylic acid groups (broad SMARTS) is 1. The average molecular weight is 472 g/mol. The second kappa shape index (κ2) is 13.0. The molecule has 2 aromatic carbocycles. The van der Waals surface area contributed by atoms with E-state index in [0.29, 0.717) is 37.8 Å². The molecule has 0 fully saturated rings. The van der Waals surface area contributed by atoms with Gasteiger partial charge < -0.3 is 24.2 Å². The Morgan fingerprint density at radius 2 is 1.74 bits per heavy atom. The zero-order valence-corrected chi connectivity index (χ0v) is 20.9. The maximum Gasteiger partial charge on any atom is 0.415 e. The zero-order valence-electron chi connectivity index (χ0n) is 20.9. The highest BCUT2D eigenvalue weighted by atomic mass is 16.6. The van der Waals surface area contributed by atoms with E-state index in [1.54, 1.807) is 30.0 Å². The Morgan fingerprint density at radius 3 is 2.32 bits per heavy atom. The van der Waals surface area contributed by atoms with Crippen LogP contribution >= 0.6 is 0 Å². The number of carboxylic acids is 1. The molecular weight excluding hydrogens is 434 g/mol. The molecule has 1 N–H and O–H groups in total. The minimum Gasteiger partial charge on any atom is -0.492 e.